The van der Waals surface area contributed by atoms with Gasteiger partial charge in [0.1, 0.15) is 17.3 Å². The lowest BCUT2D eigenvalue weighted by Gasteiger charge is -2.25. The predicted octanol–water partition coefficient (Wildman–Crippen LogP) is 3.21. The Balaban J connectivity index is 2.17. The van der Waals surface area contributed by atoms with E-state index in [0.717, 1.165) is 0 Å². The highest BCUT2D eigenvalue weighted by atomic mass is 19.1. The predicted molar refractivity (Wildman–Crippen MR) is 105 cm³/mol. The second kappa shape index (κ2) is 8.45. The SMILES string of the molecule is COCCN1C(=O)C(=O)/C(=C(/O)c2ccc(OC)cc2C)[C@@H]1c1ccc(F)cc1. The van der Waals surface area contributed by atoms with E-state index in [0.29, 0.717) is 22.4 Å². The number of methoxy groups -OCH3 is 2. The molecule has 2 aromatic rings. The van der Waals surface area contributed by atoms with Crippen LogP contribution in [0.3, 0.4) is 0 Å². The van der Waals surface area contributed by atoms with E-state index in [2.05, 4.69) is 0 Å². The molecule has 1 atom stereocenters. The van der Waals surface area contributed by atoms with Gasteiger partial charge in [-0.15, -0.1) is 0 Å². The average molecular weight is 399 g/mol. The van der Waals surface area contributed by atoms with Gasteiger partial charge in [0, 0.05) is 19.2 Å². The van der Waals surface area contributed by atoms with E-state index < -0.39 is 23.5 Å². The molecule has 1 aliphatic heterocycles. The number of rotatable bonds is 6. The maximum Gasteiger partial charge on any atom is 0.295 e. The van der Waals surface area contributed by atoms with E-state index in [1.54, 1.807) is 25.1 Å². The molecule has 1 fully saturated rings. The summed E-state index contributed by atoms with van der Waals surface area (Å²) in [4.78, 5) is 26.8. The van der Waals surface area contributed by atoms with Gasteiger partial charge in [0.05, 0.1) is 25.3 Å². The van der Waals surface area contributed by atoms with Crippen LogP contribution in [0.4, 0.5) is 4.39 Å². The van der Waals surface area contributed by atoms with Crippen LogP contribution in [0.5, 0.6) is 5.75 Å². The van der Waals surface area contributed by atoms with Gasteiger partial charge in [0.25, 0.3) is 11.7 Å². The molecule has 2 aromatic carbocycles. The Morgan fingerprint density at radius 1 is 1.14 bits per heavy atom. The Morgan fingerprint density at radius 3 is 2.41 bits per heavy atom. The molecule has 0 saturated carbocycles. The van der Waals surface area contributed by atoms with Crippen molar-refractivity contribution in [1.82, 2.24) is 4.90 Å². The summed E-state index contributed by atoms with van der Waals surface area (Å²) in [5, 5.41) is 11.0. The standard InChI is InChI=1S/C22H22FNO5/c1-13-12-16(29-3)8-9-17(13)20(25)18-19(14-4-6-15(23)7-5-14)24(10-11-28-2)22(27)21(18)26/h4-9,12,19,25H,10-11H2,1-3H3/b20-18+/t19-/m0/s1. The van der Waals surface area contributed by atoms with Gasteiger partial charge in [0.15, 0.2) is 0 Å². The number of benzene rings is 2. The number of ketones is 1. The van der Waals surface area contributed by atoms with Crippen LogP contribution < -0.4 is 4.74 Å². The van der Waals surface area contributed by atoms with Crippen LogP contribution in [-0.4, -0.2) is 49.1 Å². The van der Waals surface area contributed by atoms with Crippen LogP contribution in [0.15, 0.2) is 48.0 Å². The molecule has 6 nitrogen and oxygen atoms in total. The Morgan fingerprint density at radius 2 is 1.83 bits per heavy atom. The van der Waals surface area contributed by atoms with Crippen LogP contribution in [0.2, 0.25) is 0 Å². The zero-order valence-corrected chi connectivity index (χ0v) is 16.4. The fraction of sp³-hybridized carbons (Fsp3) is 0.273. The number of aryl methyl sites for hydroxylation is 1. The summed E-state index contributed by atoms with van der Waals surface area (Å²) in [5.74, 6) is -1.63. The summed E-state index contributed by atoms with van der Waals surface area (Å²) < 4.78 is 23.7. The van der Waals surface area contributed by atoms with Crippen molar-refractivity contribution in [3.8, 4) is 5.75 Å². The van der Waals surface area contributed by atoms with Crippen molar-refractivity contribution in [2.24, 2.45) is 0 Å². The summed E-state index contributed by atoms with van der Waals surface area (Å²) >= 11 is 0. The van der Waals surface area contributed by atoms with Gasteiger partial charge < -0.3 is 19.5 Å². The minimum atomic E-state index is -0.841. The fourth-order valence-corrected chi connectivity index (χ4v) is 3.47. The quantitative estimate of drug-likeness (QED) is 0.459. The molecule has 152 valence electrons. The summed E-state index contributed by atoms with van der Waals surface area (Å²) in [5.41, 5.74) is 1.59. The number of carbonyl (C=O) groups excluding carboxylic acids is 2. The van der Waals surface area contributed by atoms with Crippen LogP contribution in [0.1, 0.15) is 22.7 Å². The topological polar surface area (TPSA) is 76.1 Å². The molecule has 0 spiro atoms. The van der Waals surface area contributed by atoms with E-state index in [1.165, 1.54) is 43.4 Å². The molecule has 1 amide bonds. The molecular weight excluding hydrogens is 377 g/mol. The van der Waals surface area contributed by atoms with Gasteiger partial charge in [-0.3, -0.25) is 9.59 Å². The monoisotopic (exact) mass is 399 g/mol. The van der Waals surface area contributed by atoms with Crippen molar-refractivity contribution in [2.45, 2.75) is 13.0 Å². The second-order valence-electron chi connectivity index (χ2n) is 6.72. The first-order valence-electron chi connectivity index (χ1n) is 9.06. The molecule has 1 N–H and O–H groups in total. The highest BCUT2D eigenvalue weighted by Crippen LogP contribution is 2.40. The largest absolute Gasteiger partial charge is 0.507 e. The number of halogens is 1. The van der Waals surface area contributed by atoms with Crippen LogP contribution in [0.25, 0.3) is 5.76 Å². The highest BCUT2D eigenvalue weighted by molar-refractivity contribution is 6.46. The van der Waals surface area contributed by atoms with Crippen molar-refractivity contribution in [2.75, 3.05) is 27.4 Å². The third kappa shape index (κ3) is 3.86. The lowest BCUT2D eigenvalue weighted by molar-refractivity contribution is -0.140. The molecule has 0 aromatic heterocycles. The number of aliphatic hydroxyl groups is 1. The van der Waals surface area contributed by atoms with Gasteiger partial charge in [-0.05, 0) is 48.4 Å². The number of aliphatic hydroxyl groups excluding tert-OH is 1. The molecule has 7 heteroatoms. The zero-order valence-electron chi connectivity index (χ0n) is 16.4. The van der Waals surface area contributed by atoms with Crippen molar-refractivity contribution in [3.63, 3.8) is 0 Å². The van der Waals surface area contributed by atoms with Gasteiger partial charge in [0.2, 0.25) is 0 Å². The lowest BCUT2D eigenvalue weighted by Crippen LogP contribution is -2.32. The molecule has 3 rings (SSSR count). The van der Waals surface area contributed by atoms with E-state index in [-0.39, 0.29) is 24.5 Å². The zero-order chi connectivity index (χ0) is 21.1. The lowest BCUT2D eigenvalue weighted by atomic mass is 9.94. The summed E-state index contributed by atoms with van der Waals surface area (Å²) in [6.45, 7) is 2.14. The number of hydrogen-bond acceptors (Lipinski definition) is 5. The van der Waals surface area contributed by atoms with Crippen molar-refractivity contribution in [3.05, 3.63) is 70.5 Å². The van der Waals surface area contributed by atoms with E-state index in [4.69, 9.17) is 9.47 Å². The molecule has 0 unspecified atom stereocenters. The Bertz CT molecular complexity index is 968. The first kappa shape index (κ1) is 20.5. The Labute approximate surface area is 168 Å². The molecule has 29 heavy (non-hydrogen) atoms. The van der Waals surface area contributed by atoms with Crippen molar-refractivity contribution in [1.29, 1.82) is 0 Å². The molecule has 1 saturated heterocycles. The van der Waals surface area contributed by atoms with E-state index in [9.17, 15) is 19.1 Å². The minimum absolute atomic E-state index is 0.0361. The normalized spacial score (nSPS) is 18.3. The average Bonchev–Trinajstić information content (AvgIpc) is 2.96. The molecule has 0 radical (unpaired) electrons. The van der Waals surface area contributed by atoms with Gasteiger partial charge in [-0.25, -0.2) is 4.39 Å². The van der Waals surface area contributed by atoms with E-state index in [1.807, 2.05) is 0 Å². The first-order chi connectivity index (χ1) is 13.9. The van der Waals surface area contributed by atoms with Crippen LogP contribution in [0, 0.1) is 12.7 Å². The van der Waals surface area contributed by atoms with Crippen molar-refractivity contribution < 1.29 is 28.6 Å². The Kier molecular flexibility index (Phi) is 5.98. The summed E-state index contributed by atoms with van der Waals surface area (Å²) in [6, 6.07) is 9.69. The second-order valence-corrected chi connectivity index (χ2v) is 6.72. The highest BCUT2D eigenvalue weighted by Gasteiger charge is 2.46. The maximum atomic E-state index is 13.4. The smallest absolute Gasteiger partial charge is 0.295 e. The summed E-state index contributed by atoms with van der Waals surface area (Å²) in [6.07, 6.45) is 0. The summed E-state index contributed by atoms with van der Waals surface area (Å²) in [7, 11) is 3.02. The number of amides is 1. The third-order valence-electron chi connectivity index (χ3n) is 4.95. The first-order valence-corrected chi connectivity index (χ1v) is 9.06. The Hall–Kier alpha value is -3.19. The number of nitrogens with zero attached hydrogens (tertiary/aromatic N) is 1. The molecule has 1 aliphatic rings. The third-order valence-corrected chi connectivity index (χ3v) is 4.95. The number of carbonyl (C=O) groups is 2. The maximum absolute atomic E-state index is 13.4. The van der Waals surface area contributed by atoms with Gasteiger partial charge >= 0.3 is 0 Å². The molecule has 0 bridgehead atoms. The van der Waals surface area contributed by atoms with Crippen molar-refractivity contribution >= 4 is 17.4 Å². The minimum Gasteiger partial charge on any atom is -0.507 e. The fourth-order valence-electron chi connectivity index (χ4n) is 3.47. The number of ether oxygens (including phenoxy) is 2. The van der Waals surface area contributed by atoms with Crippen LogP contribution in [-0.2, 0) is 14.3 Å². The molecule has 1 heterocycles. The van der Waals surface area contributed by atoms with Crippen LogP contribution >= 0.6 is 0 Å². The van der Waals surface area contributed by atoms with Gasteiger partial charge in [-0.1, -0.05) is 12.1 Å². The number of likely N-dealkylation sites (tertiary alicyclic amines) is 1. The molecule has 0 aliphatic carbocycles. The van der Waals surface area contributed by atoms with E-state index >= 15 is 0 Å². The number of hydrogen-bond donors (Lipinski definition) is 1. The number of Topliss-reactive ketones (excluding diaryl/α,β-unsaturated/α-hetero) is 1. The molecular formula is C22H22FNO5. The van der Waals surface area contributed by atoms with Gasteiger partial charge in [-0.2, -0.15) is 0 Å².